The van der Waals surface area contributed by atoms with Crippen LogP contribution in [-0.4, -0.2) is 36.4 Å². The van der Waals surface area contributed by atoms with Gasteiger partial charge in [-0.05, 0) is 26.0 Å². The molecule has 1 amide bonds. The van der Waals surface area contributed by atoms with Crippen LogP contribution in [-0.2, 0) is 16.8 Å². The van der Waals surface area contributed by atoms with Gasteiger partial charge in [0.2, 0.25) is 0 Å². The van der Waals surface area contributed by atoms with Crippen LogP contribution >= 0.6 is 11.8 Å². The lowest BCUT2D eigenvalue weighted by molar-refractivity contribution is 0.100. The number of amides is 1. The standard InChI is InChI=1S/C20H24N4O2S2/c1-12(2)27-18-16(11-21-19-17(18)14(4)22-24(19)5)20(25)23-28(6,26)15-9-7-13(3)8-10-15/h7-12H,1-6H3/t28-/m0/s1. The first-order chi connectivity index (χ1) is 13.1. The molecule has 0 aliphatic heterocycles. The van der Waals surface area contributed by atoms with Crippen molar-refractivity contribution >= 4 is 38.4 Å². The molecule has 3 aromatic rings. The highest BCUT2D eigenvalue weighted by molar-refractivity contribution is 8.00. The van der Waals surface area contributed by atoms with E-state index in [-0.39, 0.29) is 5.25 Å². The average molecular weight is 417 g/mol. The number of nitrogens with zero attached hydrogens (tertiary/aromatic N) is 4. The Labute approximate surface area is 169 Å². The van der Waals surface area contributed by atoms with Crippen LogP contribution in [0.15, 0.2) is 44.6 Å². The lowest BCUT2D eigenvalue weighted by atomic mass is 10.2. The minimum atomic E-state index is -2.86. The smallest absolute Gasteiger partial charge is 0.266 e. The summed E-state index contributed by atoms with van der Waals surface area (Å²) in [6.45, 7) is 7.97. The molecule has 2 heterocycles. The maximum Gasteiger partial charge on any atom is 0.288 e. The third-order valence-electron chi connectivity index (χ3n) is 4.28. The zero-order valence-corrected chi connectivity index (χ0v) is 18.5. The number of carbonyl (C=O) groups excluding carboxylic acids is 1. The second kappa shape index (κ2) is 7.67. The van der Waals surface area contributed by atoms with E-state index in [4.69, 9.17) is 0 Å². The summed E-state index contributed by atoms with van der Waals surface area (Å²) in [6, 6.07) is 7.24. The molecule has 3 rings (SSSR count). The van der Waals surface area contributed by atoms with Crippen molar-refractivity contribution in [3.8, 4) is 0 Å². The minimum absolute atomic E-state index is 0.250. The van der Waals surface area contributed by atoms with Crippen molar-refractivity contribution < 1.29 is 9.00 Å². The summed E-state index contributed by atoms with van der Waals surface area (Å²) in [5.74, 6) is -0.520. The number of hydrogen-bond donors (Lipinski definition) is 0. The highest BCUT2D eigenvalue weighted by Gasteiger charge is 2.22. The molecule has 0 bridgehead atoms. The number of benzene rings is 1. The largest absolute Gasteiger partial charge is 0.288 e. The molecular formula is C20H24N4O2S2. The lowest BCUT2D eigenvalue weighted by Gasteiger charge is -2.11. The summed E-state index contributed by atoms with van der Waals surface area (Å²) in [6.07, 6.45) is 3.01. The number of pyridine rings is 1. The van der Waals surface area contributed by atoms with E-state index in [1.165, 1.54) is 12.5 Å². The molecule has 6 nitrogen and oxygen atoms in total. The zero-order chi connectivity index (χ0) is 20.6. The van der Waals surface area contributed by atoms with E-state index in [0.717, 1.165) is 21.5 Å². The number of aromatic nitrogens is 3. The van der Waals surface area contributed by atoms with Crippen molar-refractivity contribution in [3.63, 3.8) is 0 Å². The molecule has 1 aromatic carbocycles. The summed E-state index contributed by atoms with van der Waals surface area (Å²) >= 11 is 1.57. The van der Waals surface area contributed by atoms with Gasteiger partial charge in [0.25, 0.3) is 5.91 Å². The van der Waals surface area contributed by atoms with Crippen LogP contribution in [0.4, 0.5) is 0 Å². The number of aryl methyl sites for hydroxylation is 3. The van der Waals surface area contributed by atoms with Gasteiger partial charge in [0.05, 0.1) is 26.4 Å². The quantitative estimate of drug-likeness (QED) is 0.590. The third kappa shape index (κ3) is 3.98. The molecule has 0 fully saturated rings. The van der Waals surface area contributed by atoms with Gasteiger partial charge in [0.1, 0.15) is 0 Å². The summed E-state index contributed by atoms with van der Waals surface area (Å²) < 4.78 is 18.9. The fourth-order valence-corrected chi connectivity index (χ4v) is 5.20. The number of carbonyl (C=O) groups is 1. The Hall–Kier alpha value is -2.19. The summed E-state index contributed by atoms with van der Waals surface area (Å²) in [5, 5.41) is 5.53. The fourth-order valence-electron chi connectivity index (χ4n) is 2.94. The maximum absolute atomic E-state index is 13.1. The second-order valence-corrected chi connectivity index (χ2v) is 10.9. The van der Waals surface area contributed by atoms with E-state index in [2.05, 4.69) is 28.3 Å². The maximum atomic E-state index is 13.1. The molecule has 1 atom stereocenters. The first kappa shape index (κ1) is 20.5. The van der Waals surface area contributed by atoms with Crippen molar-refractivity contribution in [3.05, 3.63) is 47.3 Å². The van der Waals surface area contributed by atoms with Gasteiger partial charge in [0, 0.05) is 34.5 Å². The van der Waals surface area contributed by atoms with Gasteiger partial charge in [-0.15, -0.1) is 11.8 Å². The number of rotatable bonds is 4. The van der Waals surface area contributed by atoms with Crippen molar-refractivity contribution in [2.24, 2.45) is 11.4 Å². The van der Waals surface area contributed by atoms with Crippen LogP contribution in [0.5, 0.6) is 0 Å². The average Bonchev–Trinajstić information content (AvgIpc) is 2.89. The SMILES string of the molecule is Cc1ccc([S@](C)(=O)=NC(=O)c2cnc3c(c(C)nn3C)c2SC(C)C)cc1. The first-order valence-electron chi connectivity index (χ1n) is 8.92. The number of hydrogen-bond acceptors (Lipinski definition) is 5. The van der Waals surface area contributed by atoms with Gasteiger partial charge in [-0.1, -0.05) is 31.5 Å². The molecule has 0 aliphatic carbocycles. The van der Waals surface area contributed by atoms with E-state index in [9.17, 15) is 9.00 Å². The van der Waals surface area contributed by atoms with E-state index in [1.807, 2.05) is 33.0 Å². The molecule has 0 spiro atoms. The molecule has 0 radical (unpaired) electrons. The Balaban J connectivity index is 2.17. The van der Waals surface area contributed by atoms with Gasteiger partial charge >= 0.3 is 0 Å². The van der Waals surface area contributed by atoms with E-state index < -0.39 is 15.6 Å². The van der Waals surface area contributed by atoms with Crippen LogP contribution in [0.25, 0.3) is 11.0 Å². The fraction of sp³-hybridized carbons (Fsp3) is 0.350. The summed E-state index contributed by atoms with van der Waals surface area (Å²) in [5.41, 5.74) is 2.94. The van der Waals surface area contributed by atoms with E-state index in [1.54, 1.807) is 28.6 Å². The monoisotopic (exact) mass is 416 g/mol. The third-order valence-corrected chi connectivity index (χ3v) is 7.07. The molecule has 28 heavy (non-hydrogen) atoms. The molecule has 0 saturated heterocycles. The number of fused-ring (bicyclic) bond motifs is 1. The second-order valence-electron chi connectivity index (χ2n) is 7.09. The molecule has 8 heteroatoms. The van der Waals surface area contributed by atoms with Gasteiger partial charge in [0.15, 0.2) is 5.65 Å². The molecule has 0 saturated carbocycles. The summed E-state index contributed by atoms with van der Waals surface area (Å²) in [4.78, 5) is 18.8. The minimum Gasteiger partial charge on any atom is -0.266 e. The van der Waals surface area contributed by atoms with E-state index >= 15 is 0 Å². The van der Waals surface area contributed by atoms with Crippen LogP contribution in [0.3, 0.4) is 0 Å². The number of thioether (sulfide) groups is 1. The normalized spacial score (nSPS) is 13.7. The Morgan fingerprint density at radius 1 is 1.21 bits per heavy atom. The van der Waals surface area contributed by atoms with Crippen LogP contribution < -0.4 is 0 Å². The Bertz CT molecular complexity index is 1170. The lowest BCUT2D eigenvalue weighted by Crippen LogP contribution is -2.07. The van der Waals surface area contributed by atoms with Crippen LogP contribution in [0.1, 0.15) is 35.5 Å². The molecule has 0 aliphatic rings. The van der Waals surface area contributed by atoms with Crippen molar-refractivity contribution in [2.75, 3.05) is 6.26 Å². The highest BCUT2D eigenvalue weighted by atomic mass is 32.2. The molecular weight excluding hydrogens is 392 g/mol. The van der Waals surface area contributed by atoms with Crippen molar-refractivity contribution in [1.82, 2.24) is 14.8 Å². The van der Waals surface area contributed by atoms with Gasteiger partial charge in [-0.25, -0.2) is 9.19 Å². The molecule has 2 aromatic heterocycles. The van der Waals surface area contributed by atoms with Crippen molar-refractivity contribution in [2.45, 2.75) is 42.7 Å². The van der Waals surface area contributed by atoms with Gasteiger partial charge in [-0.2, -0.15) is 9.46 Å². The van der Waals surface area contributed by atoms with Crippen LogP contribution in [0, 0.1) is 13.8 Å². The van der Waals surface area contributed by atoms with Gasteiger partial charge in [-0.3, -0.25) is 9.48 Å². The summed E-state index contributed by atoms with van der Waals surface area (Å²) in [7, 11) is -1.03. The molecule has 148 valence electrons. The predicted octanol–water partition coefficient (Wildman–Crippen LogP) is 4.38. The van der Waals surface area contributed by atoms with Crippen molar-refractivity contribution in [1.29, 1.82) is 0 Å². The topological polar surface area (TPSA) is 77.2 Å². The van der Waals surface area contributed by atoms with Crippen LogP contribution in [0.2, 0.25) is 0 Å². The first-order valence-corrected chi connectivity index (χ1v) is 11.7. The Morgan fingerprint density at radius 2 is 1.86 bits per heavy atom. The van der Waals surface area contributed by atoms with E-state index in [0.29, 0.717) is 16.1 Å². The Kier molecular flexibility index (Phi) is 5.63. The van der Waals surface area contributed by atoms with Gasteiger partial charge < -0.3 is 0 Å². The molecule has 0 unspecified atom stereocenters. The molecule has 0 N–H and O–H groups in total. The zero-order valence-electron chi connectivity index (χ0n) is 16.9. The highest BCUT2D eigenvalue weighted by Crippen LogP contribution is 2.35. The predicted molar refractivity (Wildman–Crippen MR) is 115 cm³/mol. The Morgan fingerprint density at radius 3 is 2.46 bits per heavy atom.